The summed E-state index contributed by atoms with van der Waals surface area (Å²) in [5.74, 6) is 0.813. The van der Waals surface area contributed by atoms with Gasteiger partial charge in [0.1, 0.15) is 10.4 Å². The van der Waals surface area contributed by atoms with E-state index in [1.807, 2.05) is 23.7 Å². The molecule has 0 aromatic carbocycles. The standard InChI is InChI=1S/C10H10BrN3O/c1-14-9(11)8(6-15)13-10(14)7-2-4-12-5-3-7/h2-5,15H,6H2,1H3. The van der Waals surface area contributed by atoms with E-state index in [4.69, 9.17) is 5.11 Å². The number of aromatic nitrogens is 3. The average Bonchev–Trinajstić information content (AvgIpc) is 2.57. The van der Waals surface area contributed by atoms with Crippen molar-refractivity contribution in [1.29, 1.82) is 0 Å². The van der Waals surface area contributed by atoms with Gasteiger partial charge in [-0.15, -0.1) is 0 Å². The molecule has 0 unspecified atom stereocenters. The Labute approximate surface area is 95.7 Å². The Morgan fingerprint density at radius 1 is 1.40 bits per heavy atom. The molecule has 2 aromatic rings. The molecule has 0 fully saturated rings. The molecule has 2 heterocycles. The van der Waals surface area contributed by atoms with Crippen LogP contribution in [0.2, 0.25) is 0 Å². The van der Waals surface area contributed by atoms with Crippen LogP contribution in [0.1, 0.15) is 5.69 Å². The van der Waals surface area contributed by atoms with Gasteiger partial charge >= 0.3 is 0 Å². The molecule has 15 heavy (non-hydrogen) atoms. The molecule has 0 aliphatic heterocycles. The predicted octanol–water partition coefficient (Wildman–Crippen LogP) is 1.74. The van der Waals surface area contributed by atoms with E-state index in [9.17, 15) is 0 Å². The first-order valence-corrected chi connectivity index (χ1v) is 5.25. The summed E-state index contributed by atoms with van der Waals surface area (Å²) in [6.07, 6.45) is 3.44. The van der Waals surface area contributed by atoms with Gasteiger partial charge in [0.2, 0.25) is 0 Å². The summed E-state index contributed by atoms with van der Waals surface area (Å²) in [5.41, 5.74) is 1.62. The highest BCUT2D eigenvalue weighted by molar-refractivity contribution is 9.10. The monoisotopic (exact) mass is 267 g/mol. The highest BCUT2D eigenvalue weighted by Gasteiger charge is 2.12. The number of imidazole rings is 1. The van der Waals surface area contributed by atoms with Gasteiger partial charge in [-0.2, -0.15) is 0 Å². The molecule has 0 aliphatic carbocycles. The lowest BCUT2D eigenvalue weighted by Crippen LogP contribution is -1.92. The van der Waals surface area contributed by atoms with E-state index in [1.54, 1.807) is 12.4 Å². The van der Waals surface area contributed by atoms with Gasteiger partial charge in [0.15, 0.2) is 0 Å². The molecule has 0 spiro atoms. The zero-order valence-electron chi connectivity index (χ0n) is 8.18. The van der Waals surface area contributed by atoms with E-state index < -0.39 is 0 Å². The van der Waals surface area contributed by atoms with Gasteiger partial charge in [0, 0.05) is 25.0 Å². The minimum atomic E-state index is -0.0699. The fraction of sp³-hybridized carbons (Fsp3) is 0.200. The number of hydrogen-bond donors (Lipinski definition) is 1. The molecule has 4 nitrogen and oxygen atoms in total. The van der Waals surface area contributed by atoms with Gasteiger partial charge < -0.3 is 9.67 Å². The summed E-state index contributed by atoms with van der Waals surface area (Å²) in [4.78, 5) is 8.29. The molecule has 5 heteroatoms. The van der Waals surface area contributed by atoms with E-state index in [1.165, 1.54) is 0 Å². The van der Waals surface area contributed by atoms with E-state index in [2.05, 4.69) is 25.9 Å². The zero-order valence-corrected chi connectivity index (χ0v) is 9.77. The maximum absolute atomic E-state index is 9.08. The van der Waals surface area contributed by atoms with Gasteiger partial charge in [0.05, 0.1) is 12.3 Å². The van der Waals surface area contributed by atoms with Crippen LogP contribution >= 0.6 is 15.9 Å². The first kappa shape index (κ1) is 10.3. The van der Waals surface area contributed by atoms with E-state index >= 15 is 0 Å². The lowest BCUT2D eigenvalue weighted by Gasteiger charge is -2.01. The average molecular weight is 268 g/mol. The van der Waals surface area contributed by atoms with Crippen LogP contribution in [-0.4, -0.2) is 19.6 Å². The highest BCUT2D eigenvalue weighted by atomic mass is 79.9. The number of nitrogens with zero attached hydrogens (tertiary/aromatic N) is 3. The lowest BCUT2D eigenvalue weighted by atomic mass is 10.2. The van der Waals surface area contributed by atoms with Crippen molar-refractivity contribution in [2.75, 3.05) is 0 Å². The Balaban J connectivity index is 2.55. The van der Waals surface area contributed by atoms with Gasteiger partial charge in [-0.25, -0.2) is 4.98 Å². The first-order chi connectivity index (χ1) is 7.24. The normalized spacial score (nSPS) is 10.6. The van der Waals surface area contributed by atoms with Crippen molar-refractivity contribution in [2.45, 2.75) is 6.61 Å². The molecule has 0 saturated carbocycles. The molecule has 0 saturated heterocycles. The third-order valence-electron chi connectivity index (χ3n) is 2.18. The fourth-order valence-corrected chi connectivity index (χ4v) is 1.78. The van der Waals surface area contributed by atoms with Crippen molar-refractivity contribution in [1.82, 2.24) is 14.5 Å². The van der Waals surface area contributed by atoms with E-state index in [-0.39, 0.29) is 6.61 Å². The molecular formula is C10H10BrN3O. The SMILES string of the molecule is Cn1c(-c2ccncc2)nc(CO)c1Br. The van der Waals surface area contributed by atoms with Crippen molar-refractivity contribution in [2.24, 2.45) is 7.05 Å². The van der Waals surface area contributed by atoms with Crippen LogP contribution < -0.4 is 0 Å². The van der Waals surface area contributed by atoms with E-state index in [0.717, 1.165) is 16.0 Å². The number of pyridine rings is 1. The zero-order chi connectivity index (χ0) is 10.8. The maximum Gasteiger partial charge on any atom is 0.141 e. The van der Waals surface area contributed by atoms with Crippen molar-refractivity contribution in [3.63, 3.8) is 0 Å². The Morgan fingerprint density at radius 2 is 2.07 bits per heavy atom. The first-order valence-electron chi connectivity index (χ1n) is 4.46. The summed E-state index contributed by atoms with van der Waals surface area (Å²) in [7, 11) is 1.89. The molecule has 0 atom stereocenters. The summed E-state index contributed by atoms with van der Waals surface area (Å²) < 4.78 is 2.69. The second-order valence-electron chi connectivity index (χ2n) is 3.13. The number of aliphatic hydroxyl groups excluding tert-OH is 1. The van der Waals surface area contributed by atoms with Crippen LogP contribution in [-0.2, 0) is 13.7 Å². The molecule has 0 amide bonds. The van der Waals surface area contributed by atoms with Crippen LogP contribution in [0.5, 0.6) is 0 Å². The Hall–Kier alpha value is -1.20. The minimum absolute atomic E-state index is 0.0699. The highest BCUT2D eigenvalue weighted by Crippen LogP contribution is 2.24. The van der Waals surface area contributed by atoms with Gasteiger partial charge in [-0.1, -0.05) is 0 Å². The topological polar surface area (TPSA) is 50.9 Å². The van der Waals surface area contributed by atoms with Gasteiger partial charge in [-0.05, 0) is 28.1 Å². The smallest absolute Gasteiger partial charge is 0.141 e. The van der Waals surface area contributed by atoms with Crippen molar-refractivity contribution in [3.05, 3.63) is 34.8 Å². The molecule has 0 aliphatic rings. The fourth-order valence-electron chi connectivity index (χ4n) is 1.40. The van der Waals surface area contributed by atoms with Gasteiger partial charge in [-0.3, -0.25) is 4.98 Å². The Morgan fingerprint density at radius 3 is 2.60 bits per heavy atom. The summed E-state index contributed by atoms with van der Waals surface area (Å²) in [5, 5.41) is 9.08. The van der Waals surface area contributed by atoms with Gasteiger partial charge in [0.25, 0.3) is 0 Å². The second kappa shape index (κ2) is 4.12. The third kappa shape index (κ3) is 1.80. The third-order valence-corrected chi connectivity index (χ3v) is 3.17. The number of hydrogen-bond acceptors (Lipinski definition) is 3. The van der Waals surface area contributed by atoms with Crippen LogP contribution in [0.3, 0.4) is 0 Å². The maximum atomic E-state index is 9.08. The van der Waals surface area contributed by atoms with Crippen molar-refractivity contribution >= 4 is 15.9 Å². The van der Waals surface area contributed by atoms with E-state index in [0.29, 0.717) is 5.69 Å². The molecule has 2 aromatic heterocycles. The molecule has 0 radical (unpaired) electrons. The molecular weight excluding hydrogens is 258 g/mol. The van der Waals surface area contributed by atoms with Crippen LogP contribution in [0.4, 0.5) is 0 Å². The minimum Gasteiger partial charge on any atom is -0.390 e. The van der Waals surface area contributed by atoms with Crippen LogP contribution in [0.25, 0.3) is 11.4 Å². The Bertz CT molecular complexity index is 467. The number of rotatable bonds is 2. The van der Waals surface area contributed by atoms with Crippen molar-refractivity contribution in [3.8, 4) is 11.4 Å². The lowest BCUT2D eigenvalue weighted by molar-refractivity contribution is 0.276. The number of halogens is 1. The Kier molecular flexibility index (Phi) is 2.83. The van der Waals surface area contributed by atoms with Crippen molar-refractivity contribution < 1.29 is 5.11 Å². The predicted molar refractivity (Wildman–Crippen MR) is 60.1 cm³/mol. The largest absolute Gasteiger partial charge is 0.390 e. The summed E-state index contributed by atoms with van der Waals surface area (Å²) in [6.45, 7) is -0.0699. The number of aliphatic hydroxyl groups is 1. The molecule has 2 rings (SSSR count). The molecule has 0 bridgehead atoms. The second-order valence-corrected chi connectivity index (χ2v) is 3.88. The van der Waals surface area contributed by atoms with Crippen LogP contribution in [0.15, 0.2) is 29.1 Å². The van der Waals surface area contributed by atoms with Crippen LogP contribution in [0, 0.1) is 0 Å². The molecule has 1 N–H and O–H groups in total. The quantitative estimate of drug-likeness (QED) is 0.902. The summed E-state index contributed by atoms with van der Waals surface area (Å²) in [6, 6.07) is 3.77. The summed E-state index contributed by atoms with van der Waals surface area (Å²) >= 11 is 3.38. The molecule has 78 valence electrons.